The van der Waals surface area contributed by atoms with Crippen molar-refractivity contribution in [1.82, 2.24) is 5.32 Å². The van der Waals surface area contributed by atoms with Crippen LogP contribution in [0.15, 0.2) is 48.0 Å². The van der Waals surface area contributed by atoms with Crippen LogP contribution in [0.1, 0.15) is 37.7 Å². The van der Waals surface area contributed by atoms with E-state index in [0.717, 1.165) is 25.7 Å². The van der Waals surface area contributed by atoms with Gasteiger partial charge in [0.1, 0.15) is 17.4 Å². The molecule has 3 rings (SSSR count). The number of hydrogen-bond donors (Lipinski definition) is 2. The first-order valence-corrected chi connectivity index (χ1v) is 11.2. The third kappa shape index (κ3) is 6.75. The number of hydrogen-bond acceptors (Lipinski definition) is 6. The summed E-state index contributed by atoms with van der Waals surface area (Å²) in [5, 5.41) is 15.2. The summed E-state index contributed by atoms with van der Waals surface area (Å²) in [4.78, 5) is 24.9. The summed E-state index contributed by atoms with van der Waals surface area (Å²) in [7, 11) is 3.01. The highest BCUT2D eigenvalue weighted by atomic mass is 16.5. The molecular formula is C26H29N3O5. The maximum atomic E-state index is 12.5. The second kappa shape index (κ2) is 12.3. The van der Waals surface area contributed by atoms with Gasteiger partial charge in [-0.3, -0.25) is 9.59 Å². The van der Waals surface area contributed by atoms with Crippen molar-refractivity contribution in [3.8, 4) is 23.3 Å². The summed E-state index contributed by atoms with van der Waals surface area (Å²) in [5.41, 5.74) is 1.18. The van der Waals surface area contributed by atoms with Gasteiger partial charge in [0.25, 0.3) is 11.8 Å². The van der Waals surface area contributed by atoms with Crippen molar-refractivity contribution in [1.29, 1.82) is 5.26 Å². The standard InChI is InChI=1S/C26H29N3O5/c1-32-22-11-7-6-10-21(22)29-25(30)17-34-23-13-12-18(15-24(23)33-2)14-19(16-27)26(31)28-20-8-4-3-5-9-20/h6-7,10-15,20H,3-5,8-9,17H2,1-2H3,(H,28,31)(H,29,30)/b19-14-. The molecule has 1 fully saturated rings. The normalized spacial score (nSPS) is 14.0. The first-order chi connectivity index (χ1) is 16.5. The Morgan fingerprint density at radius 2 is 1.76 bits per heavy atom. The van der Waals surface area contributed by atoms with Crippen molar-refractivity contribution in [2.24, 2.45) is 0 Å². The molecule has 0 atom stereocenters. The Morgan fingerprint density at radius 1 is 1.03 bits per heavy atom. The van der Waals surface area contributed by atoms with Crippen molar-refractivity contribution in [3.63, 3.8) is 0 Å². The van der Waals surface area contributed by atoms with Gasteiger partial charge in [-0.1, -0.05) is 37.5 Å². The molecular weight excluding hydrogens is 434 g/mol. The maximum Gasteiger partial charge on any atom is 0.262 e. The molecule has 2 aromatic carbocycles. The molecule has 8 heteroatoms. The SMILES string of the molecule is COc1ccccc1NC(=O)COc1ccc(/C=C(/C#N)C(=O)NC2CCCCC2)cc1OC. The number of benzene rings is 2. The van der Waals surface area contributed by atoms with Gasteiger partial charge in [0, 0.05) is 6.04 Å². The molecule has 0 heterocycles. The van der Waals surface area contributed by atoms with E-state index < -0.39 is 0 Å². The molecule has 2 aromatic rings. The molecule has 0 aromatic heterocycles. The molecule has 1 aliphatic carbocycles. The minimum absolute atomic E-state index is 0.0254. The zero-order valence-corrected chi connectivity index (χ0v) is 19.4. The molecule has 1 aliphatic rings. The van der Waals surface area contributed by atoms with Crippen molar-refractivity contribution in [2.75, 3.05) is 26.1 Å². The first-order valence-electron chi connectivity index (χ1n) is 11.2. The summed E-state index contributed by atoms with van der Waals surface area (Å²) in [6.07, 6.45) is 6.75. The van der Waals surface area contributed by atoms with E-state index in [1.165, 1.54) is 26.7 Å². The van der Waals surface area contributed by atoms with Crippen LogP contribution in [-0.2, 0) is 9.59 Å². The van der Waals surface area contributed by atoms with Crippen molar-refractivity contribution >= 4 is 23.6 Å². The molecule has 2 amide bonds. The lowest BCUT2D eigenvalue weighted by Gasteiger charge is -2.22. The number of nitrogens with one attached hydrogen (secondary N) is 2. The van der Waals surface area contributed by atoms with Gasteiger partial charge in [0.2, 0.25) is 0 Å². The fourth-order valence-electron chi connectivity index (χ4n) is 3.80. The molecule has 178 valence electrons. The highest BCUT2D eigenvalue weighted by Crippen LogP contribution is 2.29. The molecule has 1 saturated carbocycles. The fourth-order valence-corrected chi connectivity index (χ4v) is 3.80. The quantitative estimate of drug-likeness (QED) is 0.428. The van der Waals surface area contributed by atoms with Gasteiger partial charge in [-0.25, -0.2) is 0 Å². The number of nitrogens with zero attached hydrogens (tertiary/aromatic N) is 1. The van der Waals surface area contributed by atoms with E-state index >= 15 is 0 Å². The molecule has 0 unspecified atom stereocenters. The predicted molar refractivity (Wildman–Crippen MR) is 129 cm³/mol. The monoisotopic (exact) mass is 463 g/mol. The molecule has 34 heavy (non-hydrogen) atoms. The van der Waals surface area contributed by atoms with Gasteiger partial charge >= 0.3 is 0 Å². The van der Waals surface area contributed by atoms with Crippen LogP contribution in [0.3, 0.4) is 0 Å². The van der Waals surface area contributed by atoms with Gasteiger partial charge in [-0.15, -0.1) is 0 Å². The summed E-state index contributed by atoms with van der Waals surface area (Å²) in [6, 6.07) is 14.2. The minimum atomic E-state index is -0.373. The number of carbonyl (C=O) groups is 2. The zero-order chi connectivity index (χ0) is 24.3. The topological polar surface area (TPSA) is 110 Å². The lowest BCUT2D eigenvalue weighted by Crippen LogP contribution is -2.36. The van der Waals surface area contributed by atoms with Crippen LogP contribution in [-0.4, -0.2) is 38.7 Å². The second-order valence-corrected chi connectivity index (χ2v) is 7.93. The van der Waals surface area contributed by atoms with Crippen molar-refractivity contribution < 1.29 is 23.8 Å². The molecule has 0 spiro atoms. The smallest absolute Gasteiger partial charge is 0.262 e. The third-order valence-corrected chi connectivity index (χ3v) is 5.54. The van der Waals surface area contributed by atoms with E-state index in [9.17, 15) is 14.9 Å². The Morgan fingerprint density at radius 3 is 2.47 bits per heavy atom. The van der Waals surface area contributed by atoms with Crippen LogP contribution < -0.4 is 24.8 Å². The molecule has 0 radical (unpaired) electrons. The summed E-state index contributed by atoms with van der Waals surface area (Å²) >= 11 is 0. The number of carbonyl (C=O) groups excluding carboxylic acids is 2. The van der Waals surface area contributed by atoms with Crippen LogP contribution in [0.5, 0.6) is 17.2 Å². The number of methoxy groups -OCH3 is 2. The van der Waals surface area contributed by atoms with Gasteiger partial charge in [-0.05, 0) is 48.7 Å². The lowest BCUT2D eigenvalue weighted by molar-refractivity contribution is -0.118. The number of para-hydroxylation sites is 2. The summed E-state index contributed by atoms with van der Waals surface area (Å²) in [6.45, 7) is -0.239. The molecule has 2 N–H and O–H groups in total. The Labute approximate surface area is 199 Å². The van der Waals surface area contributed by atoms with E-state index in [-0.39, 0.29) is 30.0 Å². The molecule has 0 bridgehead atoms. The number of nitriles is 1. The van der Waals surface area contributed by atoms with E-state index in [2.05, 4.69) is 10.6 Å². The Balaban J connectivity index is 1.64. The zero-order valence-electron chi connectivity index (χ0n) is 19.4. The van der Waals surface area contributed by atoms with Crippen molar-refractivity contribution in [2.45, 2.75) is 38.1 Å². The van der Waals surface area contributed by atoms with E-state index in [4.69, 9.17) is 14.2 Å². The van der Waals surface area contributed by atoms with Crippen LogP contribution in [0.4, 0.5) is 5.69 Å². The highest BCUT2D eigenvalue weighted by molar-refractivity contribution is 6.01. The first kappa shape index (κ1) is 24.6. The van der Waals surface area contributed by atoms with E-state index in [1.54, 1.807) is 36.4 Å². The van der Waals surface area contributed by atoms with Crippen LogP contribution in [0, 0.1) is 11.3 Å². The second-order valence-electron chi connectivity index (χ2n) is 7.93. The van der Waals surface area contributed by atoms with Crippen molar-refractivity contribution in [3.05, 3.63) is 53.6 Å². The maximum absolute atomic E-state index is 12.5. The number of rotatable bonds is 9. The minimum Gasteiger partial charge on any atom is -0.495 e. The van der Waals surface area contributed by atoms with Gasteiger partial charge in [0.15, 0.2) is 18.1 Å². The van der Waals surface area contributed by atoms with E-state index in [0.29, 0.717) is 28.5 Å². The highest BCUT2D eigenvalue weighted by Gasteiger charge is 2.18. The Kier molecular flexibility index (Phi) is 8.92. The number of amides is 2. The Bertz CT molecular complexity index is 1080. The van der Waals surface area contributed by atoms with Crippen LogP contribution in [0.2, 0.25) is 0 Å². The Hall–Kier alpha value is -3.99. The molecule has 0 saturated heterocycles. The van der Waals surface area contributed by atoms with E-state index in [1.807, 2.05) is 12.1 Å². The van der Waals surface area contributed by atoms with Gasteiger partial charge in [-0.2, -0.15) is 5.26 Å². The molecule has 8 nitrogen and oxygen atoms in total. The van der Waals surface area contributed by atoms with Crippen LogP contribution in [0.25, 0.3) is 6.08 Å². The predicted octanol–water partition coefficient (Wildman–Crippen LogP) is 4.08. The number of ether oxygens (including phenoxy) is 3. The van der Waals surface area contributed by atoms with Gasteiger partial charge < -0.3 is 24.8 Å². The van der Waals surface area contributed by atoms with Crippen LogP contribution >= 0.6 is 0 Å². The molecule has 0 aliphatic heterocycles. The number of anilines is 1. The average Bonchev–Trinajstić information content (AvgIpc) is 2.87. The summed E-state index contributed by atoms with van der Waals surface area (Å²) in [5.74, 6) is 0.553. The fraction of sp³-hybridized carbons (Fsp3) is 0.346. The largest absolute Gasteiger partial charge is 0.495 e. The average molecular weight is 464 g/mol. The third-order valence-electron chi connectivity index (χ3n) is 5.54. The summed E-state index contributed by atoms with van der Waals surface area (Å²) < 4.78 is 16.2. The lowest BCUT2D eigenvalue weighted by atomic mass is 9.95. The van der Waals surface area contributed by atoms with Gasteiger partial charge in [0.05, 0.1) is 19.9 Å².